The molecule has 0 aliphatic heterocycles. The fourth-order valence-corrected chi connectivity index (χ4v) is 6.75. The standard InChI is InChI=1S/C36H41N/c1-7-36(8-2,29-21-24-33-26(3)27(4)35(5,6)34(33)25-29)28-19-22-32(23-20-28)37(30-15-11-9-12-16-30)31-17-13-10-14-18-31/h9-19,21-25,28H,7-8,20H2,1-6H3. The molecular formula is C36H41N. The molecule has 3 aromatic carbocycles. The van der Waals surface area contributed by atoms with E-state index in [2.05, 4.69) is 144 Å². The third-order valence-corrected chi connectivity index (χ3v) is 9.51. The van der Waals surface area contributed by atoms with Crippen molar-refractivity contribution in [3.63, 3.8) is 0 Å². The summed E-state index contributed by atoms with van der Waals surface area (Å²) in [5.41, 5.74) is 11.3. The highest BCUT2D eigenvalue weighted by Gasteiger charge is 2.40. The van der Waals surface area contributed by atoms with Crippen LogP contribution in [0.1, 0.15) is 77.5 Å². The molecule has 0 spiro atoms. The van der Waals surface area contributed by atoms with E-state index in [4.69, 9.17) is 0 Å². The van der Waals surface area contributed by atoms with Gasteiger partial charge in [-0.2, -0.15) is 0 Å². The molecule has 2 aliphatic rings. The smallest absolute Gasteiger partial charge is 0.0461 e. The minimum Gasteiger partial charge on any atom is -0.311 e. The summed E-state index contributed by atoms with van der Waals surface area (Å²) in [6, 6.07) is 28.8. The van der Waals surface area contributed by atoms with Crippen LogP contribution in [0.5, 0.6) is 0 Å². The third-order valence-electron chi connectivity index (χ3n) is 9.51. The zero-order valence-corrected chi connectivity index (χ0v) is 23.4. The number of rotatable bonds is 7. The molecule has 1 unspecified atom stereocenters. The van der Waals surface area contributed by atoms with E-state index in [0.717, 1.165) is 19.3 Å². The zero-order valence-electron chi connectivity index (χ0n) is 23.4. The van der Waals surface area contributed by atoms with Crippen LogP contribution in [-0.4, -0.2) is 0 Å². The van der Waals surface area contributed by atoms with Crippen LogP contribution in [0.15, 0.2) is 108 Å². The molecule has 0 saturated carbocycles. The molecule has 190 valence electrons. The van der Waals surface area contributed by atoms with Gasteiger partial charge in [0.25, 0.3) is 0 Å². The summed E-state index contributed by atoms with van der Waals surface area (Å²) in [7, 11) is 0. The normalized spacial score (nSPS) is 18.5. The topological polar surface area (TPSA) is 3.24 Å². The zero-order chi connectivity index (χ0) is 26.2. The average molecular weight is 488 g/mol. The van der Waals surface area contributed by atoms with Crippen molar-refractivity contribution in [3.8, 4) is 0 Å². The molecular weight excluding hydrogens is 446 g/mol. The van der Waals surface area contributed by atoms with Crippen molar-refractivity contribution in [1.29, 1.82) is 0 Å². The predicted molar refractivity (Wildman–Crippen MR) is 160 cm³/mol. The van der Waals surface area contributed by atoms with Gasteiger partial charge in [-0.1, -0.05) is 100 Å². The first-order valence-corrected chi connectivity index (χ1v) is 14.0. The second-order valence-corrected chi connectivity index (χ2v) is 11.3. The molecule has 0 fully saturated rings. The lowest BCUT2D eigenvalue weighted by atomic mass is 9.64. The lowest BCUT2D eigenvalue weighted by molar-refractivity contribution is 0.292. The van der Waals surface area contributed by atoms with Crippen molar-refractivity contribution < 1.29 is 0 Å². The largest absolute Gasteiger partial charge is 0.311 e. The molecule has 2 aliphatic carbocycles. The van der Waals surface area contributed by atoms with Gasteiger partial charge in [-0.25, -0.2) is 0 Å². The number of nitrogens with zero attached hydrogens (tertiary/aromatic N) is 1. The molecule has 0 saturated heterocycles. The second-order valence-electron chi connectivity index (χ2n) is 11.3. The molecule has 1 heteroatoms. The first kappa shape index (κ1) is 25.3. The number of fused-ring (bicyclic) bond motifs is 1. The molecule has 0 N–H and O–H groups in total. The molecule has 5 rings (SSSR count). The van der Waals surface area contributed by atoms with Crippen molar-refractivity contribution in [1.82, 2.24) is 0 Å². The number of para-hydroxylation sites is 2. The highest BCUT2D eigenvalue weighted by Crippen LogP contribution is 2.50. The van der Waals surface area contributed by atoms with Crippen LogP contribution < -0.4 is 4.90 Å². The van der Waals surface area contributed by atoms with Crippen molar-refractivity contribution in [2.45, 2.75) is 71.6 Å². The Kier molecular flexibility index (Phi) is 6.75. The van der Waals surface area contributed by atoms with E-state index in [-0.39, 0.29) is 10.8 Å². The van der Waals surface area contributed by atoms with Crippen LogP contribution in [0.3, 0.4) is 0 Å². The van der Waals surface area contributed by atoms with Gasteiger partial charge in [-0.3, -0.25) is 0 Å². The van der Waals surface area contributed by atoms with Crippen LogP contribution in [-0.2, 0) is 10.8 Å². The molecule has 1 nitrogen and oxygen atoms in total. The molecule has 0 bridgehead atoms. The van der Waals surface area contributed by atoms with Gasteiger partial charge in [-0.05, 0) is 91.6 Å². The maximum Gasteiger partial charge on any atom is 0.0461 e. The molecule has 1 atom stereocenters. The van der Waals surface area contributed by atoms with Crippen molar-refractivity contribution >= 4 is 16.9 Å². The van der Waals surface area contributed by atoms with Crippen LogP contribution in [0.25, 0.3) is 5.57 Å². The number of hydrogen-bond donors (Lipinski definition) is 0. The van der Waals surface area contributed by atoms with E-state index in [1.807, 2.05) is 0 Å². The van der Waals surface area contributed by atoms with Crippen molar-refractivity contribution in [2.24, 2.45) is 5.92 Å². The Balaban J connectivity index is 1.50. The highest BCUT2D eigenvalue weighted by molar-refractivity contribution is 5.79. The fourth-order valence-electron chi connectivity index (χ4n) is 6.75. The second kappa shape index (κ2) is 9.86. The monoisotopic (exact) mass is 487 g/mol. The summed E-state index contributed by atoms with van der Waals surface area (Å²) in [4.78, 5) is 2.38. The van der Waals surface area contributed by atoms with E-state index in [1.165, 1.54) is 44.9 Å². The van der Waals surface area contributed by atoms with Gasteiger partial charge < -0.3 is 4.90 Å². The van der Waals surface area contributed by atoms with Crippen LogP contribution in [0.4, 0.5) is 11.4 Å². The number of allylic oxidation sites excluding steroid dienone is 5. The Morgan fingerprint density at radius 1 is 0.838 bits per heavy atom. The summed E-state index contributed by atoms with van der Waals surface area (Å²) in [6.45, 7) is 14.1. The van der Waals surface area contributed by atoms with Crippen molar-refractivity contribution in [3.05, 3.63) is 125 Å². The number of hydrogen-bond acceptors (Lipinski definition) is 1. The average Bonchev–Trinajstić information content (AvgIpc) is 3.11. The molecule has 0 heterocycles. The minimum atomic E-state index is 0.101. The molecule has 37 heavy (non-hydrogen) atoms. The highest BCUT2D eigenvalue weighted by atomic mass is 15.1. The first-order chi connectivity index (χ1) is 17.8. The summed E-state index contributed by atoms with van der Waals surface area (Å²) in [6.07, 6.45) is 10.6. The van der Waals surface area contributed by atoms with E-state index >= 15 is 0 Å². The summed E-state index contributed by atoms with van der Waals surface area (Å²) in [5.74, 6) is 0.470. The first-order valence-electron chi connectivity index (χ1n) is 14.0. The van der Waals surface area contributed by atoms with Crippen LogP contribution >= 0.6 is 0 Å². The molecule has 0 radical (unpaired) electrons. The Labute approximate surface area is 224 Å². The maximum atomic E-state index is 2.55. The SMILES string of the molecule is CCC(CC)(c1ccc2c(c1)C(C)(C)C(C)=C2C)C1C=CC(N(c2ccccc2)c2ccccc2)=CC1. The lowest BCUT2D eigenvalue weighted by Crippen LogP contribution is -2.35. The Hall–Kier alpha value is -3.32. The van der Waals surface area contributed by atoms with E-state index < -0.39 is 0 Å². The molecule has 0 amide bonds. The van der Waals surface area contributed by atoms with Gasteiger partial charge in [0.1, 0.15) is 0 Å². The quantitative estimate of drug-likeness (QED) is 0.320. The third kappa shape index (κ3) is 4.19. The lowest BCUT2D eigenvalue weighted by Gasteiger charge is -2.41. The van der Waals surface area contributed by atoms with Gasteiger partial charge in [0, 0.05) is 27.9 Å². The maximum absolute atomic E-state index is 2.55. The van der Waals surface area contributed by atoms with Gasteiger partial charge in [0.2, 0.25) is 0 Å². The van der Waals surface area contributed by atoms with Crippen LogP contribution in [0, 0.1) is 5.92 Å². The van der Waals surface area contributed by atoms with Gasteiger partial charge >= 0.3 is 0 Å². The number of benzene rings is 3. The number of anilines is 2. The summed E-state index contributed by atoms with van der Waals surface area (Å²) >= 11 is 0. The van der Waals surface area contributed by atoms with E-state index in [9.17, 15) is 0 Å². The summed E-state index contributed by atoms with van der Waals surface area (Å²) < 4.78 is 0. The summed E-state index contributed by atoms with van der Waals surface area (Å²) in [5, 5.41) is 0. The van der Waals surface area contributed by atoms with Crippen molar-refractivity contribution in [2.75, 3.05) is 4.90 Å². The van der Waals surface area contributed by atoms with Gasteiger partial charge in [0.15, 0.2) is 0 Å². The Bertz CT molecular complexity index is 1310. The van der Waals surface area contributed by atoms with Gasteiger partial charge in [-0.15, -0.1) is 0 Å². The molecule has 3 aromatic rings. The fraction of sp³-hybridized carbons (Fsp3) is 0.333. The van der Waals surface area contributed by atoms with Gasteiger partial charge in [0.05, 0.1) is 0 Å². The van der Waals surface area contributed by atoms with E-state index in [0.29, 0.717) is 5.92 Å². The minimum absolute atomic E-state index is 0.101. The predicted octanol–water partition coefficient (Wildman–Crippen LogP) is 10.1. The molecule has 0 aromatic heterocycles. The Morgan fingerprint density at radius 3 is 1.95 bits per heavy atom. The van der Waals surface area contributed by atoms with Crippen LogP contribution in [0.2, 0.25) is 0 Å². The van der Waals surface area contributed by atoms with E-state index in [1.54, 1.807) is 0 Å². The Morgan fingerprint density at radius 2 is 1.43 bits per heavy atom.